The van der Waals surface area contributed by atoms with E-state index < -0.39 is 59.0 Å². The zero-order valence-corrected chi connectivity index (χ0v) is 27.3. The van der Waals surface area contributed by atoms with Crippen LogP contribution in [0.4, 0.5) is 13.2 Å². The van der Waals surface area contributed by atoms with Crippen molar-refractivity contribution in [3.63, 3.8) is 0 Å². The maximum absolute atomic E-state index is 13.6. The van der Waals surface area contributed by atoms with E-state index in [0.717, 1.165) is 17.7 Å². The molecule has 6 rings (SSSR count). The molecule has 5 amide bonds. The fourth-order valence-corrected chi connectivity index (χ4v) is 5.50. The van der Waals surface area contributed by atoms with Gasteiger partial charge in [-0.05, 0) is 60.7 Å². The Morgan fingerprint density at radius 2 is 1.54 bits per heavy atom. The smallest absolute Gasteiger partial charge is 0.416 e. The third kappa shape index (κ3) is 9.61. The van der Waals surface area contributed by atoms with E-state index in [1.165, 1.54) is 19.1 Å². The van der Waals surface area contributed by atoms with Gasteiger partial charge in [-0.3, -0.25) is 24.0 Å². The molecule has 0 aromatic heterocycles. The molecule has 1 saturated carbocycles. The van der Waals surface area contributed by atoms with E-state index in [1.807, 2.05) is 6.07 Å². The number of halogens is 3. The Morgan fingerprint density at radius 1 is 0.860 bits per heavy atom. The molecule has 2 heterocycles. The van der Waals surface area contributed by atoms with Gasteiger partial charge in [0.1, 0.15) is 36.0 Å². The van der Waals surface area contributed by atoms with Crippen molar-refractivity contribution in [3.05, 3.63) is 101 Å². The molecule has 3 aromatic rings. The van der Waals surface area contributed by atoms with E-state index in [0.29, 0.717) is 29.7 Å². The molecule has 0 radical (unpaired) electrons. The summed E-state index contributed by atoms with van der Waals surface area (Å²) in [5, 5.41) is 13.6. The zero-order chi connectivity index (χ0) is 35.9. The minimum atomic E-state index is -4.52. The van der Waals surface area contributed by atoms with E-state index in [2.05, 4.69) is 26.6 Å². The van der Waals surface area contributed by atoms with Gasteiger partial charge in [0.2, 0.25) is 29.5 Å². The highest BCUT2D eigenvalue weighted by Crippen LogP contribution is 2.35. The Hall–Kier alpha value is -5.40. The maximum atomic E-state index is 13.6. The van der Waals surface area contributed by atoms with Crippen LogP contribution in [0.15, 0.2) is 78.9 Å². The molecule has 1 aliphatic carbocycles. The highest BCUT2D eigenvalue weighted by atomic mass is 19.4. The van der Waals surface area contributed by atoms with E-state index in [9.17, 15) is 37.1 Å². The fourth-order valence-electron chi connectivity index (χ4n) is 5.50. The van der Waals surface area contributed by atoms with Crippen molar-refractivity contribution >= 4 is 29.5 Å². The number of rotatable bonds is 5. The lowest BCUT2D eigenvalue weighted by molar-refractivity contribution is -0.137. The van der Waals surface area contributed by atoms with Crippen LogP contribution in [-0.2, 0) is 49.4 Å². The van der Waals surface area contributed by atoms with Crippen molar-refractivity contribution in [2.24, 2.45) is 0 Å². The minimum Gasteiger partial charge on any atom is -0.492 e. The van der Waals surface area contributed by atoms with Gasteiger partial charge in [0.25, 0.3) is 0 Å². The first-order chi connectivity index (χ1) is 23.8. The normalized spacial score (nSPS) is 21.6. The van der Waals surface area contributed by atoms with Crippen LogP contribution in [0.25, 0.3) is 0 Å². The molecule has 3 aromatic carbocycles. The summed E-state index contributed by atoms with van der Waals surface area (Å²) in [4.78, 5) is 66.6. The summed E-state index contributed by atoms with van der Waals surface area (Å²) < 4.78 is 44.7. The molecule has 1 fully saturated rings. The highest BCUT2D eigenvalue weighted by Gasteiger charge is 2.51. The number of amides is 5. The van der Waals surface area contributed by atoms with Crippen LogP contribution >= 0.6 is 0 Å². The van der Waals surface area contributed by atoms with Gasteiger partial charge < -0.3 is 31.3 Å². The van der Waals surface area contributed by atoms with Crippen LogP contribution in [-0.4, -0.2) is 66.4 Å². The van der Waals surface area contributed by atoms with Gasteiger partial charge in [0.15, 0.2) is 0 Å². The third-order valence-corrected chi connectivity index (χ3v) is 8.53. The van der Waals surface area contributed by atoms with Gasteiger partial charge >= 0.3 is 6.18 Å². The summed E-state index contributed by atoms with van der Waals surface area (Å²) >= 11 is 0. The number of nitrogens with one attached hydrogen (secondary N) is 5. The number of carbonyl (C=O) groups excluding carboxylic acids is 5. The predicted octanol–water partition coefficient (Wildman–Crippen LogP) is 2.37. The van der Waals surface area contributed by atoms with Crippen molar-refractivity contribution in [2.45, 2.75) is 68.9 Å². The van der Waals surface area contributed by atoms with Crippen LogP contribution in [0.1, 0.15) is 42.0 Å². The van der Waals surface area contributed by atoms with Gasteiger partial charge in [0, 0.05) is 12.8 Å². The molecular weight excluding hydrogens is 655 g/mol. The maximum Gasteiger partial charge on any atom is 0.416 e. The lowest BCUT2D eigenvalue weighted by atomic mass is 10.0. The van der Waals surface area contributed by atoms with Gasteiger partial charge in [0.05, 0.1) is 18.5 Å². The minimum absolute atomic E-state index is 0.0103. The number of hydrogen-bond donors (Lipinski definition) is 5. The van der Waals surface area contributed by atoms with Crippen LogP contribution < -0.4 is 31.3 Å². The summed E-state index contributed by atoms with van der Waals surface area (Å²) in [7, 11) is 0. The molecule has 3 aliphatic rings. The predicted molar refractivity (Wildman–Crippen MR) is 176 cm³/mol. The monoisotopic (exact) mass is 693 g/mol. The van der Waals surface area contributed by atoms with Gasteiger partial charge in [-0.15, -0.1) is 0 Å². The van der Waals surface area contributed by atoms with Crippen molar-refractivity contribution in [2.75, 3.05) is 13.2 Å². The lowest BCUT2D eigenvalue weighted by Crippen LogP contribution is -2.59. The van der Waals surface area contributed by atoms with Crippen LogP contribution in [0.5, 0.6) is 5.75 Å². The molecule has 14 heteroatoms. The Morgan fingerprint density at radius 3 is 2.18 bits per heavy atom. The Balaban J connectivity index is 1.35. The third-order valence-electron chi connectivity index (χ3n) is 8.53. The van der Waals surface area contributed by atoms with E-state index >= 15 is 0 Å². The first kappa shape index (κ1) is 35.9. The summed E-state index contributed by atoms with van der Waals surface area (Å²) in [5.74, 6) is -2.40. The SMILES string of the molecule is C[C@@H]1NC(=O)[C@@H](NC(=O)Cc2ccc(C(F)(F)F)cc2)Cc2ccc(cc2)OCCNC(=O)C2(CC2)NC(=O)[C@@H](Cc2ccccc2)NC1=O. The molecule has 11 nitrogen and oxygen atoms in total. The first-order valence-electron chi connectivity index (χ1n) is 16.2. The first-order valence-corrected chi connectivity index (χ1v) is 16.2. The van der Waals surface area contributed by atoms with Gasteiger partial charge in [-0.2, -0.15) is 13.2 Å². The van der Waals surface area contributed by atoms with Crippen LogP contribution in [0.3, 0.4) is 0 Å². The number of alkyl halides is 3. The average Bonchev–Trinajstić information content (AvgIpc) is 3.87. The van der Waals surface area contributed by atoms with Gasteiger partial charge in [-0.25, -0.2) is 0 Å². The summed E-state index contributed by atoms with van der Waals surface area (Å²) in [6.07, 6.45) is -3.84. The van der Waals surface area contributed by atoms with Crippen molar-refractivity contribution < 1.29 is 41.9 Å². The summed E-state index contributed by atoms with van der Waals surface area (Å²) in [6, 6.07) is 16.5. The Bertz CT molecular complexity index is 1700. The number of carbonyl (C=O) groups is 5. The molecule has 0 unspecified atom stereocenters. The Labute approximate surface area is 286 Å². The molecule has 2 aliphatic heterocycles. The van der Waals surface area contributed by atoms with Crippen molar-refractivity contribution in [3.8, 4) is 5.75 Å². The lowest BCUT2D eigenvalue weighted by Gasteiger charge is -2.25. The number of ether oxygens (including phenoxy) is 1. The second-order valence-corrected chi connectivity index (χ2v) is 12.5. The van der Waals surface area contributed by atoms with Crippen LogP contribution in [0, 0.1) is 0 Å². The second kappa shape index (κ2) is 15.4. The topological polar surface area (TPSA) is 155 Å². The number of benzene rings is 3. The standard InChI is InChI=1S/C36H38F3N5O6/c1-22-31(46)43-29(19-23-5-3-2-4-6-23)33(48)44-35(15-16-35)34(49)40-17-18-50-27-13-9-24(10-14-27)20-28(32(47)41-22)42-30(45)21-25-7-11-26(12-8-25)36(37,38)39/h2-14,22,28-29H,15-21H2,1H3,(H,40,49)(H,41,47)(H,42,45)(H,43,46)(H,44,48)/t22-,28-,29+/m0/s1. The highest BCUT2D eigenvalue weighted by molar-refractivity contribution is 5.98. The molecule has 264 valence electrons. The van der Waals surface area contributed by atoms with E-state index in [1.54, 1.807) is 48.5 Å². The molecule has 3 atom stereocenters. The molecule has 0 saturated heterocycles. The average molecular weight is 694 g/mol. The van der Waals surface area contributed by atoms with Gasteiger partial charge in [-0.1, -0.05) is 54.6 Å². The molecule has 5 N–H and O–H groups in total. The number of fused-ring (bicyclic) bond motifs is 15. The molecule has 2 bridgehead atoms. The molecule has 1 spiro atoms. The quantitative estimate of drug-likeness (QED) is 0.259. The Kier molecular flexibility index (Phi) is 11.1. The van der Waals surface area contributed by atoms with Crippen molar-refractivity contribution in [1.29, 1.82) is 0 Å². The van der Waals surface area contributed by atoms with E-state index in [4.69, 9.17) is 4.74 Å². The summed E-state index contributed by atoms with van der Waals surface area (Å²) in [6.45, 7) is 1.75. The largest absolute Gasteiger partial charge is 0.492 e. The molecule has 50 heavy (non-hydrogen) atoms. The van der Waals surface area contributed by atoms with Crippen molar-refractivity contribution in [1.82, 2.24) is 26.6 Å². The fraction of sp³-hybridized carbons (Fsp3) is 0.361. The summed E-state index contributed by atoms with van der Waals surface area (Å²) in [5.41, 5.74) is -0.250. The molecular formula is C36H38F3N5O6. The van der Waals surface area contributed by atoms with Crippen LogP contribution in [0.2, 0.25) is 0 Å². The second-order valence-electron chi connectivity index (χ2n) is 12.5. The zero-order valence-electron chi connectivity index (χ0n) is 27.3. The van der Waals surface area contributed by atoms with E-state index in [-0.39, 0.29) is 38.3 Å². The number of hydrogen-bond acceptors (Lipinski definition) is 6.